The quantitative estimate of drug-likeness (QED) is 0.706. The van der Waals surface area contributed by atoms with Crippen molar-refractivity contribution in [3.8, 4) is 0 Å². The summed E-state index contributed by atoms with van der Waals surface area (Å²) >= 11 is 0. The fourth-order valence-corrected chi connectivity index (χ4v) is 3.68. The zero-order chi connectivity index (χ0) is 13.6. The first-order valence-electron chi connectivity index (χ1n) is 7.46. The van der Waals surface area contributed by atoms with Gasteiger partial charge in [0.05, 0.1) is 12.0 Å². The normalized spacial score (nSPS) is 33.7. The van der Waals surface area contributed by atoms with Gasteiger partial charge in [-0.05, 0) is 62.7 Å². The molecule has 3 saturated carbocycles. The van der Waals surface area contributed by atoms with E-state index in [0.29, 0.717) is 17.9 Å². The number of carbonyl (C=O) groups excluding carboxylic acids is 1. The highest BCUT2D eigenvalue weighted by molar-refractivity contribution is 5.75. The van der Waals surface area contributed by atoms with Crippen molar-refractivity contribution < 1.29 is 9.53 Å². The summed E-state index contributed by atoms with van der Waals surface area (Å²) in [6, 6.07) is 0. The maximum absolute atomic E-state index is 12.0. The van der Waals surface area contributed by atoms with Gasteiger partial charge in [-0.15, -0.1) is 0 Å². The number of rotatable bonds is 4. The molecule has 0 aliphatic heterocycles. The van der Waals surface area contributed by atoms with E-state index in [4.69, 9.17) is 4.74 Å². The smallest absolute Gasteiger partial charge is 0.311 e. The van der Waals surface area contributed by atoms with Crippen LogP contribution in [0.1, 0.15) is 60.3 Å². The van der Waals surface area contributed by atoms with E-state index in [1.807, 2.05) is 20.8 Å². The lowest BCUT2D eigenvalue weighted by atomic mass is 9.46. The van der Waals surface area contributed by atoms with Crippen LogP contribution in [0.4, 0.5) is 0 Å². The van der Waals surface area contributed by atoms with Crippen LogP contribution in [0.2, 0.25) is 0 Å². The van der Waals surface area contributed by atoms with Crippen LogP contribution >= 0.6 is 0 Å². The van der Waals surface area contributed by atoms with Crippen molar-refractivity contribution in [3.63, 3.8) is 0 Å². The highest BCUT2D eigenvalue weighted by Crippen LogP contribution is 2.61. The first-order chi connectivity index (χ1) is 8.29. The molecule has 3 atom stereocenters. The molecule has 0 saturated heterocycles. The standard InChI is InChI=1S/C16H28O2/c1-6-15(2,3)14(17)18-10-11-7-8-12-9-13(11)16(12,4)5/h11-13H,6-10H2,1-5H3/t11-,12-,13-/m0/s1. The predicted octanol–water partition coefficient (Wildman–Crippen LogP) is 4.04. The molecule has 3 fully saturated rings. The molecule has 2 bridgehead atoms. The van der Waals surface area contributed by atoms with Gasteiger partial charge in [-0.1, -0.05) is 20.8 Å². The molecule has 18 heavy (non-hydrogen) atoms. The minimum absolute atomic E-state index is 0.0238. The Bertz CT molecular complexity index is 328. The van der Waals surface area contributed by atoms with Gasteiger partial charge in [-0.3, -0.25) is 4.79 Å². The van der Waals surface area contributed by atoms with E-state index in [9.17, 15) is 4.79 Å². The third-order valence-electron chi connectivity index (χ3n) is 5.87. The van der Waals surface area contributed by atoms with E-state index in [-0.39, 0.29) is 11.4 Å². The van der Waals surface area contributed by atoms with Gasteiger partial charge in [0.2, 0.25) is 0 Å². The van der Waals surface area contributed by atoms with Crippen molar-refractivity contribution >= 4 is 5.97 Å². The highest BCUT2D eigenvalue weighted by atomic mass is 16.5. The molecular formula is C16H28O2. The van der Waals surface area contributed by atoms with Gasteiger partial charge in [-0.25, -0.2) is 0 Å². The van der Waals surface area contributed by atoms with Crippen LogP contribution in [0.15, 0.2) is 0 Å². The van der Waals surface area contributed by atoms with Gasteiger partial charge in [0.15, 0.2) is 0 Å². The largest absolute Gasteiger partial charge is 0.465 e. The lowest BCUT2D eigenvalue weighted by molar-refractivity contribution is -0.165. The SMILES string of the molecule is CCC(C)(C)C(=O)OC[C@@H]1CC[C@H]2C[C@@H]1C2(C)C. The van der Waals surface area contributed by atoms with Crippen molar-refractivity contribution in [1.82, 2.24) is 0 Å². The van der Waals surface area contributed by atoms with Gasteiger partial charge in [-0.2, -0.15) is 0 Å². The van der Waals surface area contributed by atoms with Crippen molar-refractivity contribution in [2.75, 3.05) is 6.61 Å². The number of hydrogen-bond acceptors (Lipinski definition) is 2. The number of fused-ring (bicyclic) bond motifs is 2. The third kappa shape index (κ3) is 2.19. The lowest BCUT2D eigenvalue weighted by Gasteiger charge is -2.60. The van der Waals surface area contributed by atoms with Crippen LogP contribution in [0.3, 0.4) is 0 Å². The average molecular weight is 252 g/mol. The maximum atomic E-state index is 12.0. The molecule has 3 aliphatic carbocycles. The van der Waals surface area contributed by atoms with Crippen LogP contribution in [-0.4, -0.2) is 12.6 Å². The van der Waals surface area contributed by atoms with Gasteiger partial charge in [0.1, 0.15) is 0 Å². The second-order valence-corrected chi connectivity index (χ2v) is 7.53. The molecule has 3 aliphatic rings. The summed E-state index contributed by atoms with van der Waals surface area (Å²) in [6.45, 7) is 11.4. The van der Waals surface area contributed by atoms with E-state index in [1.54, 1.807) is 0 Å². The molecule has 0 unspecified atom stereocenters. The van der Waals surface area contributed by atoms with Crippen LogP contribution in [0.5, 0.6) is 0 Å². The van der Waals surface area contributed by atoms with Gasteiger partial charge >= 0.3 is 5.97 Å². The lowest BCUT2D eigenvalue weighted by Crippen LogP contribution is -2.53. The van der Waals surface area contributed by atoms with E-state index in [1.165, 1.54) is 19.3 Å². The summed E-state index contributed by atoms with van der Waals surface area (Å²) in [6.07, 6.45) is 4.77. The second kappa shape index (κ2) is 4.54. The number of esters is 1. The van der Waals surface area contributed by atoms with Crippen LogP contribution < -0.4 is 0 Å². The molecule has 0 heterocycles. The molecule has 0 N–H and O–H groups in total. The van der Waals surface area contributed by atoms with Crippen molar-refractivity contribution in [2.45, 2.75) is 60.3 Å². The predicted molar refractivity (Wildman–Crippen MR) is 73.1 cm³/mol. The monoisotopic (exact) mass is 252 g/mol. The van der Waals surface area contributed by atoms with Crippen molar-refractivity contribution in [3.05, 3.63) is 0 Å². The topological polar surface area (TPSA) is 26.3 Å². The van der Waals surface area contributed by atoms with E-state index >= 15 is 0 Å². The Morgan fingerprint density at radius 2 is 2.00 bits per heavy atom. The van der Waals surface area contributed by atoms with Gasteiger partial charge in [0, 0.05) is 0 Å². The number of hydrogen-bond donors (Lipinski definition) is 0. The Labute approximate surface area is 111 Å². The van der Waals surface area contributed by atoms with Crippen LogP contribution in [-0.2, 0) is 9.53 Å². The molecule has 0 aromatic rings. The molecule has 0 aromatic carbocycles. The summed E-state index contributed by atoms with van der Waals surface area (Å²) < 4.78 is 5.59. The summed E-state index contributed by atoms with van der Waals surface area (Å²) in [5.74, 6) is 2.26. The minimum Gasteiger partial charge on any atom is -0.465 e. The molecule has 0 amide bonds. The zero-order valence-corrected chi connectivity index (χ0v) is 12.6. The van der Waals surface area contributed by atoms with E-state index in [0.717, 1.165) is 18.3 Å². The average Bonchev–Trinajstić information content (AvgIpc) is 2.35. The summed E-state index contributed by atoms with van der Waals surface area (Å²) in [5, 5.41) is 0. The third-order valence-corrected chi connectivity index (χ3v) is 5.87. The Hall–Kier alpha value is -0.530. The molecule has 3 rings (SSSR count). The molecule has 2 heteroatoms. The second-order valence-electron chi connectivity index (χ2n) is 7.53. The Morgan fingerprint density at radius 1 is 1.33 bits per heavy atom. The van der Waals surface area contributed by atoms with E-state index in [2.05, 4.69) is 13.8 Å². The maximum Gasteiger partial charge on any atom is 0.311 e. The van der Waals surface area contributed by atoms with Gasteiger partial charge in [0.25, 0.3) is 0 Å². The summed E-state index contributed by atoms with van der Waals surface area (Å²) in [5.41, 5.74) is 0.155. The first-order valence-corrected chi connectivity index (χ1v) is 7.46. The molecular weight excluding hydrogens is 224 g/mol. The van der Waals surface area contributed by atoms with Crippen molar-refractivity contribution in [2.24, 2.45) is 28.6 Å². The molecule has 2 nitrogen and oxygen atoms in total. The Kier molecular flexibility index (Phi) is 3.50. The highest BCUT2D eigenvalue weighted by Gasteiger charge is 2.54. The van der Waals surface area contributed by atoms with Crippen LogP contribution in [0.25, 0.3) is 0 Å². The van der Waals surface area contributed by atoms with Crippen LogP contribution in [0, 0.1) is 28.6 Å². The molecule has 104 valence electrons. The fourth-order valence-electron chi connectivity index (χ4n) is 3.68. The van der Waals surface area contributed by atoms with E-state index < -0.39 is 0 Å². The number of carbonyl (C=O) groups is 1. The number of ether oxygens (including phenoxy) is 1. The molecule has 0 aromatic heterocycles. The Morgan fingerprint density at radius 3 is 2.50 bits per heavy atom. The molecule has 0 radical (unpaired) electrons. The molecule has 0 spiro atoms. The van der Waals surface area contributed by atoms with Gasteiger partial charge < -0.3 is 4.74 Å². The first kappa shape index (κ1) is 13.9. The minimum atomic E-state index is -0.327. The summed E-state index contributed by atoms with van der Waals surface area (Å²) in [4.78, 5) is 12.0. The van der Waals surface area contributed by atoms with Crippen molar-refractivity contribution in [1.29, 1.82) is 0 Å². The summed E-state index contributed by atoms with van der Waals surface area (Å²) in [7, 11) is 0. The zero-order valence-electron chi connectivity index (χ0n) is 12.6. The fraction of sp³-hybridized carbons (Fsp3) is 0.938. The Balaban J connectivity index is 1.86.